The molecule has 1 fully saturated rings. The van der Waals surface area contributed by atoms with Crippen molar-refractivity contribution >= 4 is 5.91 Å². The zero-order valence-electron chi connectivity index (χ0n) is 18.1. The van der Waals surface area contributed by atoms with Gasteiger partial charge in [-0.25, -0.2) is 0 Å². The van der Waals surface area contributed by atoms with Crippen LogP contribution in [0.25, 0.3) is 11.3 Å². The van der Waals surface area contributed by atoms with Gasteiger partial charge in [0.1, 0.15) is 24.7 Å². The number of likely N-dealkylation sites (tertiary alicyclic amines) is 1. The lowest BCUT2D eigenvalue weighted by Crippen LogP contribution is -2.40. The first-order valence-electron chi connectivity index (χ1n) is 11.3. The van der Waals surface area contributed by atoms with Crippen molar-refractivity contribution in [2.24, 2.45) is 5.92 Å². The average Bonchev–Trinajstić information content (AvgIpc) is 3.22. The van der Waals surface area contributed by atoms with E-state index in [0.29, 0.717) is 13.2 Å². The Morgan fingerprint density at radius 1 is 1.32 bits per heavy atom. The summed E-state index contributed by atoms with van der Waals surface area (Å²) in [5.41, 5.74) is 4.34. The lowest BCUT2D eigenvalue weighted by Gasteiger charge is -2.39. The Morgan fingerprint density at radius 2 is 2.23 bits per heavy atom. The van der Waals surface area contributed by atoms with Crippen molar-refractivity contribution in [1.29, 1.82) is 0 Å². The molecule has 1 amide bonds. The van der Waals surface area contributed by atoms with Crippen molar-refractivity contribution < 1.29 is 14.3 Å². The molecule has 3 heterocycles. The van der Waals surface area contributed by atoms with E-state index in [1.165, 1.54) is 37.8 Å². The zero-order chi connectivity index (χ0) is 21.2. The number of carbonyl (C=O) groups is 1. The second-order valence-electron chi connectivity index (χ2n) is 8.56. The van der Waals surface area contributed by atoms with E-state index < -0.39 is 0 Å². The molecule has 1 N–H and O–H groups in total. The summed E-state index contributed by atoms with van der Waals surface area (Å²) in [6.07, 6.45) is 10.6. The Kier molecular flexibility index (Phi) is 5.57. The first-order chi connectivity index (χ1) is 15.2. The largest absolute Gasteiger partial charge is 0.497 e. The maximum Gasteiger partial charge on any atom is 0.241 e. The van der Waals surface area contributed by atoms with Gasteiger partial charge in [0.2, 0.25) is 5.91 Å². The van der Waals surface area contributed by atoms with Gasteiger partial charge < -0.3 is 19.7 Å². The lowest BCUT2D eigenvalue weighted by molar-refractivity contribution is -0.121. The highest BCUT2D eigenvalue weighted by Crippen LogP contribution is 2.39. The smallest absolute Gasteiger partial charge is 0.241 e. The maximum atomic E-state index is 12.7. The maximum absolute atomic E-state index is 12.7. The number of aromatic nitrogens is 2. The first-order valence-corrected chi connectivity index (χ1v) is 11.3. The van der Waals surface area contributed by atoms with E-state index >= 15 is 0 Å². The van der Waals surface area contributed by atoms with Crippen LogP contribution in [0.2, 0.25) is 0 Å². The molecule has 2 aliphatic heterocycles. The SMILES string of the molecule is COc1ccc2c(c1)-c1c(cnn1CC(=O)NCCN1CCCC3CCCC=C31)CO2. The van der Waals surface area contributed by atoms with E-state index in [-0.39, 0.29) is 12.5 Å². The molecular weight excluding hydrogens is 392 g/mol. The van der Waals surface area contributed by atoms with Crippen molar-refractivity contribution in [2.45, 2.75) is 45.3 Å². The van der Waals surface area contributed by atoms with Gasteiger partial charge in [0.15, 0.2) is 0 Å². The van der Waals surface area contributed by atoms with Crippen LogP contribution in [0.3, 0.4) is 0 Å². The molecule has 3 aliphatic rings. The third-order valence-corrected chi connectivity index (χ3v) is 6.61. The van der Waals surface area contributed by atoms with Crippen molar-refractivity contribution in [3.8, 4) is 22.8 Å². The van der Waals surface area contributed by atoms with Gasteiger partial charge >= 0.3 is 0 Å². The summed E-state index contributed by atoms with van der Waals surface area (Å²) < 4.78 is 13.0. The normalized spacial score (nSPS) is 19.5. The Labute approximate surface area is 183 Å². The summed E-state index contributed by atoms with van der Waals surface area (Å²) in [5, 5.41) is 7.55. The number of carbonyl (C=O) groups excluding carboxylic acids is 1. The minimum atomic E-state index is -0.0204. The van der Waals surface area contributed by atoms with E-state index in [1.807, 2.05) is 18.2 Å². The monoisotopic (exact) mass is 422 g/mol. The quantitative estimate of drug-likeness (QED) is 0.773. The number of allylic oxidation sites excluding steroid dienone is 2. The van der Waals surface area contributed by atoms with E-state index in [1.54, 1.807) is 18.0 Å². The second-order valence-corrected chi connectivity index (χ2v) is 8.56. The molecule has 1 aromatic carbocycles. The highest BCUT2D eigenvalue weighted by Gasteiger charge is 2.27. The molecule has 0 spiro atoms. The van der Waals surface area contributed by atoms with Crippen LogP contribution < -0.4 is 14.8 Å². The predicted molar refractivity (Wildman–Crippen MR) is 118 cm³/mol. The van der Waals surface area contributed by atoms with Crippen molar-refractivity contribution in [2.75, 3.05) is 26.7 Å². The molecular formula is C24H30N4O3. The van der Waals surface area contributed by atoms with Crippen LogP contribution in [0.1, 0.15) is 37.7 Å². The van der Waals surface area contributed by atoms with E-state index in [2.05, 4.69) is 21.4 Å². The summed E-state index contributed by atoms with van der Waals surface area (Å²) in [6.45, 7) is 3.28. The number of piperidine rings is 1. The number of nitrogens with zero attached hydrogens (tertiary/aromatic N) is 3. The van der Waals surface area contributed by atoms with Gasteiger partial charge in [0.25, 0.3) is 0 Å². The second kappa shape index (κ2) is 8.65. The van der Waals surface area contributed by atoms with Gasteiger partial charge in [0.05, 0.1) is 19.0 Å². The summed E-state index contributed by atoms with van der Waals surface area (Å²) in [4.78, 5) is 15.2. The summed E-state index contributed by atoms with van der Waals surface area (Å²) in [7, 11) is 1.64. The predicted octanol–water partition coefficient (Wildman–Crippen LogP) is 3.35. The molecule has 0 saturated carbocycles. The van der Waals surface area contributed by atoms with Crippen LogP contribution in [0.5, 0.6) is 11.5 Å². The molecule has 1 unspecified atom stereocenters. The third-order valence-electron chi connectivity index (χ3n) is 6.61. The van der Waals surface area contributed by atoms with E-state index in [9.17, 15) is 4.79 Å². The summed E-state index contributed by atoms with van der Waals surface area (Å²) in [6, 6.07) is 5.72. The number of amides is 1. The molecule has 1 saturated heterocycles. The molecule has 0 radical (unpaired) electrons. The number of ether oxygens (including phenoxy) is 2. The molecule has 7 heteroatoms. The molecule has 0 bridgehead atoms. The van der Waals surface area contributed by atoms with Crippen LogP contribution in [-0.4, -0.2) is 47.3 Å². The molecule has 1 atom stereocenters. The zero-order valence-corrected chi connectivity index (χ0v) is 18.1. The molecule has 7 nitrogen and oxygen atoms in total. The lowest BCUT2D eigenvalue weighted by atomic mass is 9.85. The van der Waals surface area contributed by atoms with Crippen LogP contribution in [-0.2, 0) is 17.9 Å². The third kappa shape index (κ3) is 4.01. The highest BCUT2D eigenvalue weighted by atomic mass is 16.5. The van der Waals surface area contributed by atoms with Gasteiger partial charge in [-0.1, -0.05) is 6.08 Å². The summed E-state index contributed by atoms with van der Waals surface area (Å²) in [5.74, 6) is 2.25. The average molecular weight is 423 g/mol. The van der Waals surface area contributed by atoms with Gasteiger partial charge in [-0.05, 0) is 56.2 Å². The van der Waals surface area contributed by atoms with Gasteiger partial charge in [0, 0.05) is 36.5 Å². The molecule has 164 valence electrons. The molecule has 5 rings (SSSR count). The number of hydrogen-bond acceptors (Lipinski definition) is 5. The number of rotatable bonds is 6. The molecule has 2 aromatic rings. The Hall–Kier alpha value is -2.96. The topological polar surface area (TPSA) is 68.6 Å². The number of methoxy groups -OCH3 is 1. The fourth-order valence-corrected chi connectivity index (χ4v) is 5.09. The number of nitrogens with one attached hydrogen (secondary N) is 1. The molecule has 1 aliphatic carbocycles. The van der Waals surface area contributed by atoms with Crippen LogP contribution in [0.15, 0.2) is 36.2 Å². The molecule has 1 aromatic heterocycles. The molecule has 31 heavy (non-hydrogen) atoms. The van der Waals surface area contributed by atoms with Crippen LogP contribution in [0.4, 0.5) is 0 Å². The first kappa shape index (κ1) is 20.0. The fraction of sp³-hybridized carbons (Fsp3) is 0.500. The van der Waals surface area contributed by atoms with Crippen LogP contribution >= 0.6 is 0 Å². The minimum Gasteiger partial charge on any atom is -0.497 e. The minimum absolute atomic E-state index is 0.0204. The Bertz CT molecular complexity index is 997. The standard InChI is InChI=1S/C24H30N4O3/c1-30-19-8-9-22-20(13-19)24-18(16-31-22)14-26-28(24)15-23(29)25-10-12-27-11-4-6-17-5-2-3-7-21(17)27/h7-9,13-14,17H,2-6,10-12,15-16H2,1H3,(H,25,29). The fourth-order valence-electron chi connectivity index (χ4n) is 5.09. The Balaban J connectivity index is 1.22. The van der Waals surface area contributed by atoms with E-state index in [0.717, 1.165) is 47.3 Å². The van der Waals surface area contributed by atoms with Crippen molar-refractivity contribution in [3.05, 3.63) is 41.7 Å². The summed E-state index contributed by atoms with van der Waals surface area (Å²) >= 11 is 0. The number of benzene rings is 1. The number of hydrogen-bond donors (Lipinski definition) is 1. The van der Waals surface area contributed by atoms with Crippen molar-refractivity contribution in [3.63, 3.8) is 0 Å². The highest BCUT2D eigenvalue weighted by molar-refractivity contribution is 5.78. The Morgan fingerprint density at radius 3 is 3.13 bits per heavy atom. The van der Waals surface area contributed by atoms with Crippen LogP contribution in [0, 0.1) is 5.92 Å². The van der Waals surface area contributed by atoms with Gasteiger partial charge in [-0.2, -0.15) is 5.10 Å². The van der Waals surface area contributed by atoms with Gasteiger partial charge in [-0.3, -0.25) is 9.48 Å². The van der Waals surface area contributed by atoms with Crippen molar-refractivity contribution in [1.82, 2.24) is 20.0 Å². The number of fused-ring (bicyclic) bond motifs is 4. The van der Waals surface area contributed by atoms with E-state index in [4.69, 9.17) is 9.47 Å². The van der Waals surface area contributed by atoms with Gasteiger partial charge in [-0.15, -0.1) is 0 Å².